The molecular formula is C16H17BrN2O2. The molecule has 0 bridgehead atoms. The van der Waals surface area contributed by atoms with Gasteiger partial charge in [0.2, 0.25) is 0 Å². The third kappa shape index (κ3) is 3.76. The lowest BCUT2D eigenvalue weighted by Crippen LogP contribution is -2.11. The molecule has 0 aromatic heterocycles. The zero-order chi connectivity index (χ0) is 15.4. The van der Waals surface area contributed by atoms with E-state index < -0.39 is 0 Å². The van der Waals surface area contributed by atoms with E-state index in [0.29, 0.717) is 6.61 Å². The summed E-state index contributed by atoms with van der Waals surface area (Å²) in [7, 11) is 1.63. The van der Waals surface area contributed by atoms with Crippen LogP contribution in [0.1, 0.15) is 16.7 Å². The molecular weight excluding hydrogens is 332 g/mol. The Morgan fingerprint density at radius 3 is 2.57 bits per heavy atom. The van der Waals surface area contributed by atoms with Gasteiger partial charge in [0.15, 0.2) is 0 Å². The molecule has 0 amide bonds. The molecule has 0 saturated carbocycles. The second-order valence-corrected chi connectivity index (χ2v) is 5.49. The van der Waals surface area contributed by atoms with Crippen molar-refractivity contribution in [2.75, 3.05) is 7.11 Å². The van der Waals surface area contributed by atoms with Crippen LogP contribution in [-0.4, -0.2) is 12.9 Å². The van der Waals surface area contributed by atoms with E-state index in [9.17, 15) is 0 Å². The maximum atomic E-state index is 7.43. The van der Waals surface area contributed by atoms with E-state index in [0.717, 1.165) is 32.7 Å². The topological polar surface area (TPSA) is 68.3 Å². The van der Waals surface area contributed by atoms with Crippen LogP contribution in [0.2, 0.25) is 0 Å². The van der Waals surface area contributed by atoms with Gasteiger partial charge in [-0.05, 0) is 58.2 Å². The summed E-state index contributed by atoms with van der Waals surface area (Å²) in [4.78, 5) is 0. The van der Waals surface area contributed by atoms with Crippen molar-refractivity contribution < 1.29 is 9.47 Å². The van der Waals surface area contributed by atoms with Gasteiger partial charge in [-0.25, -0.2) is 0 Å². The average molecular weight is 349 g/mol. The van der Waals surface area contributed by atoms with Gasteiger partial charge in [0.1, 0.15) is 23.9 Å². The Balaban J connectivity index is 2.11. The predicted molar refractivity (Wildman–Crippen MR) is 87.2 cm³/mol. The smallest absolute Gasteiger partial charge is 0.134 e. The molecule has 3 N–H and O–H groups in total. The van der Waals surface area contributed by atoms with Gasteiger partial charge in [-0.1, -0.05) is 12.1 Å². The van der Waals surface area contributed by atoms with Crippen LogP contribution in [-0.2, 0) is 6.61 Å². The molecule has 0 aliphatic rings. The number of hydrogen-bond acceptors (Lipinski definition) is 3. The second-order valence-electron chi connectivity index (χ2n) is 4.64. The average Bonchev–Trinajstić information content (AvgIpc) is 2.46. The highest BCUT2D eigenvalue weighted by Gasteiger charge is 2.06. The van der Waals surface area contributed by atoms with Gasteiger partial charge in [-0.15, -0.1) is 0 Å². The zero-order valence-electron chi connectivity index (χ0n) is 11.9. The van der Waals surface area contributed by atoms with Gasteiger partial charge in [-0.2, -0.15) is 0 Å². The van der Waals surface area contributed by atoms with Gasteiger partial charge >= 0.3 is 0 Å². The van der Waals surface area contributed by atoms with Crippen LogP contribution in [0.5, 0.6) is 11.5 Å². The van der Waals surface area contributed by atoms with E-state index in [1.165, 1.54) is 0 Å². The summed E-state index contributed by atoms with van der Waals surface area (Å²) in [6.07, 6.45) is 0. The lowest BCUT2D eigenvalue weighted by Gasteiger charge is -2.12. The Bertz CT molecular complexity index is 671. The van der Waals surface area contributed by atoms with Gasteiger partial charge < -0.3 is 15.2 Å². The standard InChI is InChI=1S/C16H17BrN2O2/c1-10-7-11(16(18)19)3-4-12(10)9-21-15-6-5-13(20-2)8-14(15)17/h3-8H,9H2,1-2H3,(H3,18,19). The molecule has 0 aliphatic carbocycles. The first-order chi connectivity index (χ1) is 10.0. The molecule has 0 heterocycles. The van der Waals surface area contributed by atoms with Crippen molar-refractivity contribution in [2.45, 2.75) is 13.5 Å². The van der Waals surface area contributed by atoms with E-state index in [4.69, 9.17) is 20.6 Å². The number of benzene rings is 2. The number of amidine groups is 1. The quantitative estimate of drug-likeness (QED) is 0.640. The highest BCUT2D eigenvalue weighted by molar-refractivity contribution is 9.10. The molecule has 0 atom stereocenters. The molecule has 0 aliphatic heterocycles. The first-order valence-electron chi connectivity index (χ1n) is 6.41. The minimum Gasteiger partial charge on any atom is -0.497 e. The van der Waals surface area contributed by atoms with Gasteiger partial charge in [0.25, 0.3) is 0 Å². The fraction of sp³-hybridized carbons (Fsp3) is 0.188. The van der Waals surface area contributed by atoms with Gasteiger partial charge in [0, 0.05) is 5.56 Å². The SMILES string of the molecule is COc1ccc(OCc2ccc(C(=N)N)cc2C)c(Br)c1. The number of methoxy groups -OCH3 is 1. The van der Waals surface area contributed by atoms with E-state index in [2.05, 4.69) is 15.9 Å². The van der Waals surface area contributed by atoms with Gasteiger partial charge in [-0.3, -0.25) is 5.41 Å². The molecule has 5 heteroatoms. The normalized spacial score (nSPS) is 10.2. The van der Waals surface area contributed by atoms with Gasteiger partial charge in [0.05, 0.1) is 11.6 Å². The molecule has 4 nitrogen and oxygen atoms in total. The Kier molecular flexibility index (Phi) is 4.85. The third-order valence-corrected chi connectivity index (χ3v) is 3.80. The van der Waals surface area contributed by atoms with Crippen LogP contribution in [0.15, 0.2) is 40.9 Å². The molecule has 0 unspecified atom stereocenters. The molecule has 110 valence electrons. The minimum atomic E-state index is 0.0727. The Morgan fingerprint density at radius 2 is 2.00 bits per heavy atom. The highest BCUT2D eigenvalue weighted by atomic mass is 79.9. The van der Waals surface area contributed by atoms with E-state index >= 15 is 0 Å². The minimum absolute atomic E-state index is 0.0727. The molecule has 0 fully saturated rings. The largest absolute Gasteiger partial charge is 0.497 e. The molecule has 2 rings (SSSR count). The van der Waals surface area contributed by atoms with E-state index in [-0.39, 0.29) is 5.84 Å². The number of nitrogens with one attached hydrogen (secondary N) is 1. The van der Waals surface area contributed by atoms with Crippen molar-refractivity contribution in [1.82, 2.24) is 0 Å². The summed E-state index contributed by atoms with van der Waals surface area (Å²) in [5.74, 6) is 1.60. The first-order valence-corrected chi connectivity index (χ1v) is 7.21. The van der Waals surface area contributed by atoms with Crippen molar-refractivity contribution in [3.63, 3.8) is 0 Å². The number of aryl methyl sites for hydroxylation is 1. The molecule has 2 aromatic carbocycles. The number of ether oxygens (including phenoxy) is 2. The predicted octanol–water partition coefficient (Wildman–Crippen LogP) is 3.63. The fourth-order valence-corrected chi connectivity index (χ4v) is 2.38. The Morgan fingerprint density at radius 1 is 1.24 bits per heavy atom. The van der Waals surface area contributed by atoms with E-state index in [1.54, 1.807) is 7.11 Å². The Labute approximate surface area is 132 Å². The lowest BCUT2D eigenvalue weighted by molar-refractivity contribution is 0.302. The van der Waals surface area contributed by atoms with Crippen LogP contribution in [0.4, 0.5) is 0 Å². The number of nitrogen functional groups attached to an aromatic ring is 1. The molecule has 0 radical (unpaired) electrons. The molecule has 21 heavy (non-hydrogen) atoms. The van der Waals surface area contributed by atoms with Crippen molar-refractivity contribution in [3.8, 4) is 11.5 Å². The number of nitrogens with two attached hydrogens (primary N) is 1. The summed E-state index contributed by atoms with van der Waals surface area (Å²) in [5.41, 5.74) is 8.31. The molecule has 2 aromatic rings. The van der Waals surface area contributed by atoms with Crippen LogP contribution in [0.3, 0.4) is 0 Å². The second kappa shape index (κ2) is 6.63. The summed E-state index contributed by atoms with van der Waals surface area (Å²) >= 11 is 3.46. The Hall–Kier alpha value is -2.01. The molecule has 0 spiro atoms. The van der Waals surface area contributed by atoms with Crippen LogP contribution < -0.4 is 15.2 Å². The van der Waals surface area contributed by atoms with Crippen LogP contribution in [0, 0.1) is 12.3 Å². The number of hydrogen-bond donors (Lipinski definition) is 2. The summed E-state index contributed by atoms with van der Waals surface area (Å²) in [5, 5.41) is 7.43. The van der Waals surface area contributed by atoms with Crippen molar-refractivity contribution >= 4 is 21.8 Å². The maximum absolute atomic E-state index is 7.43. The van der Waals surface area contributed by atoms with Crippen molar-refractivity contribution in [3.05, 3.63) is 57.6 Å². The number of rotatable bonds is 5. The summed E-state index contributed by atoms with van der Waals surface area (Å²) < 4.78 is 11.8. The van der Waals surface area contributed by atoms with Crippen molar-refractivity contribution in [2.24, 2.45) is 5.73 Å². The zero-order valence-corrected chi connectivity index (χ0v) is 13.5. The lowest BCUT2D eigenvalue weighted by atomic mass is 10.1. The monoisotopic (exact) mass is 348 g/mol. The van der Waals surface area contributed by atoms with Crippen LogP contribution in [0.25, 0.3) is 0 Å². The fourth-order valence-electron chi connectivity index (χ4n) is 1.91. The van der Waals surface area contributed by atoms with E-state index in [1.807, 2.05) is 43.3 Å². The van der Waals surface area contributed by atoms with Crippen molar-refractivity contribution in [1.29, 1.82) is 5.41 Å². The number of halogens is 1. The highest BCUT2D eigenvalue weighted by Crippen LogP contribution is 2.30. The summed E-state index contributed by atoms with van der Waals surface area (Å²) in [6, 6.07) is 11.2. The third-order valence-electron chi connectivity index (χ3n) is 3.18. The maximum Gasteiger partial charge on any atom is 0.134 e. The summed E-state index contributed by atoms with van der Waals surface area (Å²) in [6.45, 7) is 2.43. The molecule has 0 saturated heterocycles. The van der Waals surface area contributed by atoms with Crippen LogP contribution >= 0.6 is 15.9 Å². The first kappa shape index (κ1) is 15.4.